The minimum absolute atomic E-state index is 0.117. The monoisotopic (exact) mass is 409 g/mol. The highest BCUT2D eigenvalue weighted by molar-refractivity contribution is 9.10. The first-order valence-electron chi connectivity index (χ1n) is 7.55. The van der Waals surface area contributed by atoms with Crippen LogP contribution >= 0.6 is 15.9 Å². The van der Waals surface area contributed by atoms with Crippen LogP contribution in [0.5, 0.6) is 5.75 Å². The fourth-order valence-electron chi connectivity index (χ4n) is 2.55. The Kier molecular flexibility index (Phi) is 5.03. The third kappa shape index (κ3) is 3.53. The molecule has 3 rings (SSSR count). The Bertz CT molecular complexity index is 860. The van der Waals surface area contributed by atoms with Crippen LogP contribution in [0, 0.1) is 0 Å². The molecule has 0 atom stereocenters. The molecule has 0 N–H and O–H groups in total. The Balaban J connectivity index is 1.85. The number of benzene rings is 2. The molecule has 0 aromatic heterocycles. The normalized spacial score (nSPS) is 15.4. The molecule has 0 unspecified atom stereocenters. The molecule has 2 aromatic rings. The second-order valence-electron chi connectivity index (χ2n) is 5.46. The summed E-state index contributed by atoms with van der Waals surface area (Å²) in [5.74, 6) is -0.212. The summed E-state index contributed by atoms with van der Waals surface area (Å²) in [6, 6.07) is 13.0. The number of para-hydroxylation sites is 1. The summed E-state index contributed by atoms with van der Waals surface area (Å²) in [7, 11) is -3.56. The van der Waals surface area contributed by atoms with Gasteiger partial charge in [-0.1, -0.05) is 18.2 Å². The standard InChI is InChI=1S/C17H16BrNO4S/c18-15-8-1-2-9-16(15)23-17(20)13-6-5-7-14(12-13)24(21,22)19-10-3-4-11-19/h1-2,5-9,12H,3-4,10-11H2. The third-order valence-corrected chi connectivity index (χ3v) is 6.36. The maximum atomic E-state index is 12.6. The van der Waals surface area contributed by atoms with Crippen molar-refractivity contribution >= 4 is 31.9 Å². The van der Waals surface area contributed by atoms with E-state index in [2.05, 4.69) is 15.9 Å². The topological polar surface area (TPSA) is 63.7 Å². The number of hydrogen-bond acceptors (Lipinski definition) is 4. The molecular formula is C17H16BrNO4S. The Morgan fingerprint density at radius 1 is 1.04 bits per heavy atom. The highest BCUT2D eigenvalue weighted by atomic mass is 79.9. The molecule has 1 aliphatic heterocycles. The molecular weight excluding hydrogens is 394 g/mol. The van der Waals surface area contributed by atoms with Crippen molar-refractivity contribution in [3.05, 3.63) is 58.6 Å². The van der Waals surface area contributed by atoms with Crippen molar-refractivity contribution in [1.82, 2.24) is 4.31 Å². The van der Waals surface area contributed by atoms with Crippen molar-refractivity contribution in [2.45, 2.75) is 17.7 Å². The smallest absolute Gasteiger partial charge is 0.343 e. The summed E-state index contributed by atoms with van der Waals surface area (Å²) in [6.45, 7) is 1.04. The van der Waals surface area contributed by atoms with Crippen molar-refractivity contribution in [2.75, 3.05) is 13.1 Å². The quantitative estimate of drug-likeness (QED) is 0.572. The van der Waals surface area contributed by atoms with Crippen LogP contribution in [-0.4, -0.2) is 31.8 Å². The molecule has 1 heterocycles. The second-order valence-corrected chi connectivity index (χ2v) is 8.25. The first kappa shape index (κ1) is 17.1. The number of carbonyl (C=O) groups excluding carboxylic acids is 1. The van der Waals surface area contributed by atoms with E-state index in [0.29, 0.717) is 23.3 Å². The van der Waals surface area contributed by atoms with Gasteiger partial charge in [-0.3, -0.25) is 0 Å². The Morgan fingerprint density at radius 2 is 1.75 bits per heavy atom. The zero-order chi connectivity index (χ0) is 17.2. The second kappa shape index (κ2) is 7.04. The van der Waals surface area contributed by atoms with Gasteiger partial charge in [-0.25, -0.2) is 13.2 Å². The van der Waals surface area contributed by atoms with E-state index in [1.54, 1.807) is 30.3 Å². The summed E-state index contributed by atoms with van der Waals surface area (Å²) >= 11 is 3.31. The fourth-order valence-corrected chi connectivity index (χ4v) is 4.48. The summed E-state index contributed by atoms with van der Waals surface area (Å²) in [6.07, 6.45) is 1.73. The van der Waals surface area contributed by atoms with E-state index >= 15 is 0 Å². The molecule has 0 bridgehead atoms. The zero-order valence-electron chi connectivity index (χ0n) is 12.8. The predicted molar refractivity (Wildman–Crippen MR) is 93.5 cm³/mol. The number of esters is 1. The van der Waals surface area contributed by atoms with Crippen molar-refractivity contribution in [2.24, 2.45) is 0 Å². The van der Waals surface area contributed by atoms with Crippen LogP contribution in [-0.2, 0) is 10.0 Å². The molecule has 5 nitrogen and oxygen atoms in total. The van der Waals surface area contributed by atoms with E-state index in [-0.39, 0.29) is 10.5 Å². The van der Waals surface area contributed by atoms with Gasteiger partial charge in [0, 0.05) is 13.1 Å². The van der Waals surface area contributed by atoms with Gasteiger partial charge >= 0.3 is 5.97 Å². The Hall–Kier alpha value is -1.70. The van der Waals surface area contributed by atoms with Crippen molar-refractivity contribution < 1.29 is 17.9 Å². The molecule has 2 aromatic carbocycles. The van der Waals surface area contributed by atoms with E-state index < -0.39 is 16.0 Å². The lowest BCUT2D eigenvalue weighted by Gasteiger charge is -2.15. The van der Waals surface area contributed by atoms with Gasteiger partial charge in [-0.05, 0) is 59.1 Å². The largest absolute Gasteiger partial charge is 0.422 e. The van der Waals surface area contributed by atoms with Crippen LogP contribution in [0.25, 0.3) is 0 Å². The lowest BCUT2D eigenvalue weighted by molar-refractivity contribution is 0.0733. The van der Waals surface area contributed by atoms with Gasteiger partial charge in [0.05, 0.1) is 14.9 Å². The SMILES string of the molecule is O=C(Oc1ccccc1Br)c1cccc(S(=O)(=O)N2CCCC2)c1. The van der Waals surface area contributed by atoms with Crippen LogP contribution < -0.4 is 4.74 Å². The molecule has 0 saturated carbocycles. The third-order valence-electron chi connectivity index (χ3n) is 3.81. The van der Waals surface area contributed by atoms with Crippen LogP contribution in [0.4, 0.5) is 0 Å². The van der Waals surface area contributed by atoms with E-state index in [0.717, 1.165) is 12.8 Å². The van der Waals surface area contributed by atoms with Gasteiger partial charge < -0.3 is 4.74 Å². The molecule has 1 aliphatic rings. The number of ether oxygens (including phenoxy) is 1. The number of halogens is 1. The molecule has 1 fully saturated rings. The predicted octanol–water partition coefficient (Wildman–Crippen LogP) is 3.45. The summed E-state index contributed by atoms with van der Waals surface area (Å²) in [4.78, 5) is 12.4. The van der Waals surface area contributed by atoms with Gasteiger partial charge in [0.15, 0.2) is 0 Å². The maximum Gasteiger partial charge on any atom is 0.343 e. The van der Waals surface area contributed by atoms with Crippen LogP contribution in [0.15, 0.2) is 57.9 Å². The van der Waals surface area contributed by atoms with E-state index in [1.165, 1.54) is 16.4 Å². The van der Waals surface area contributed by atoms with Gasteiger partial charge in [0.2, 0.25) is 10.0 Å². The van der Waals surface area contributed by atoms with E-state index in [9.17, 15) is 13.2 Å². The fraction of sp³-hybridized carbons (Fsp3) is 0.235. The Morgan fingerprint density at radius 3 is 2.46 bits per heavy atom. The highest BCUT2D eigenvalue weighted by Crippen LogP contribution is 2.26. The molecule has 0 aliphatic carbocycles. The van der Waals surface area contributed by atoms with Crippen molar-refractivity contribution in [3.8, 4) is 5.75 Å². The molecule has 0 spiro atoms. The van der Waals surface area contributed by atoms with E-state index in [4.69, 9.17) is 4.74 Å². The average molecular weight is 410 g/mol. The van der Waals surface area contributed by atoms with E-state index in [1.807, 2.05) is 6.07 Å². The summed E-state index contributed by atoms with van der Waals surface area (Å²) in [5.41, 5.74) is 0.200. The lowest BCUT2D eigenvalue weighted by Crippen LogP contribution is -2.28. The molecule has 7 heteroatoms. The van der Waals surface area contributed by atoms with Gasteiger partial charge in [0.1, 0.15) is 5.75 Å². The summed E-state index contributed by atoms with van der Waals surface area (Å²) < 4.78 is 32.6. The first-order valence-corrected chi connectivity index (χ1v) is 9.79. The average Bonchev–Trinajstić information content (AvgIpc) is 3.12. The lowest BCUT2D eigenvalue weighted by atomic mass is 10.2. The maximum absolute atomic E-state index is 12.6. The minimum Gasteiger partial charge on any atom is -0.422 e. The molecule has 0 amide bonds. The Labute approximate surface area is 149 Å². The number of rotatable bonds is 4. The molecule has 126 valence electrons. The highest BCUT2D eigenvalue weighted by Gasteiger charge is 2.27. The summed E-state index contributed by atoms with van der Waals surface area (Å²) in [5, 5.41) is 0. The van der Waals surface area contributed by atoms with Crippen LogP contribution in [0.1, 0.15) is 23.2 Å². The van der Waals surface area contributed by atoms with Gasteiger partial charge in [0.25, 0.3) is 0 Å². The molecule has 1 saturated heterocycles. The number of carbonyl (C=O) groups is 1. The number of nitrogens with zero attached hydrogens (tertiary/aromatic N) is 1. The van der Waals surface area contributed by atoms with Gasteiger partial charge in [-0.15, -0.1) is 0 Å². The van der Waals surface area contributed by atoms with Gasteiger partial charge in [-0.2, -0.15) is 4.31 Å². The van der Waals surface area contributed by atoms with Crippen molar-refractivity contribution in [3.63, 3.8) is 0 Å². The minimum atomic E-state index is -3.56. The van der Waals surface area contributed by atoms with Crippen molar-refractivity contribution in [1.29, 1.82) is 0 Å². The number of hydrogen-bond donors (Lipinski definition) is 0. The first-order chi connectivity index (χ1) is 11.5. The molecule has 0 radical (unpaired) electrons. The molecule has 24 heavy (non-hydrogen) atoms. The zero-order valence-corrected chi connectivity index (χ0v) is 15.2. The van der Waals surface area contributed by atoms with Crippen LogP contribution in [0.3, 0.4) is 0 Å². The van der Waals surface area contributed by atoms with Crippen LogP contribution in [0.2, 0.25) is 0 Å². The number of sulfonamides is 1.